The molecule has 40 heavy (non-hydrogen) atoms. The molecule has 8 heteroatoms. The normalized spacial score (nSPS) is 15.8. The molecule has 2 N–H and O–H groups in total. The van der Waals surface area contributed by atoms with Gasteiger partial charge in [0.25, 0.3) is 0 Å². The zero-order valence-electron chi connectivity index (χ0n) is 23.4. The lowest BCUT2D eigenvalue weighted by molar-refractivity contribution is -0.164. The minimum atomic E-state index is -1.24. The number of aliphatic hydroxyl groups is 2. The van der Waals surface area contributed by atoms with Crippen LogP contribution in [0.4, 0.5) is 0 Å². The predicted octanol–water partition coefficient (Wildman–Crippen LogP) is 5.19. The van der Waals surface area contributed by atoms with E-state index in [0.29, 0.717) is 0 Å². The van der Waals surface area contributed by atoms with Gasteiger partial charge in [0.05, 0.1) is 13.2 Å². The molecule has 0 aromatic heterocycles. The summed E-state index contributed by atoms with van der Waals surface area (Å²) in [5.74, 6) is 0.0904. The monoisotopic (exact) mass is 552 g/mol. The van der Waals surface area contributed by atoms with Gasteiger partial charge < -0.3 is 29.2 Å². The number of hydrogen-bond acceptors (Lipinski definition) is 8. The summed E-state index contributed by atoms with van der Waals surface area (Å²) in [6, 6.07) is 12.5. The molecule has 0 amide bonds. The number of aliphatic hydroxyl groups excluding tert-OH is 2. The van der Waals surface area contributed by atoms with Crippen molar-refractivity contribution in [1.29, 1.82) is 0 Å². The van der Waals surface area contributed by atoms with Crippen LogP contribution in [0.15, 0.2) is 61.7 Å². The molecule has 2 aromatic rings. The van der Waals surface area contributed by atoms with Gasteiger partial charge in [-0.05, 0) is 61.1 Å². The van der Waals surface area contributed by atoms with Crippen molar-refractivity contribution in [2.75, 3.05) is 13.2 Å². The number of aryl methyl sites for hydroxylation is 2. The molecule has 1 saturated carbocycles. The van der Waals surface area contributed by atoms with Crippen molar-refractivity contribution in [3.63, 3.8) is 0 Å². The summed E-state index contributed by atoms with van der Waals surface area (Å²) in [5, 5.41) is 19.6. The summed E-state index contributed by atoms with van der Waals surface area (Å²) in [5.41, 5.74) is 4.32. The van der Waals surface area contributed by atoms with Crippen LogP contribution in [0, 0.1) is 13.8 Å². The number of esters is 2. The highest BCUT2D eigenvalue weighted by atomic mass is 16.6. The molecule has 1 fully saturated rings. The van der Waals surface area contributed by atoms with Gasteiger partial charge in [0.2, 0.25) is 12.6 Å². The second-order valence-corrected chi connectivity index (χ2v) is 10.1. The van der Waals surface area contributed by atoms with E-state index in [9.17, 15) is 19.8 Å². The van der Waals surface area contributed by atoms with Gasteiger partial charge in [0.1, 0.15) is 11.5 Å². The third-order valence-corrected chi connectivity index (χ3v) is 7.24. The zero-order valence-corrected chi connectivity index (χ0v) is 23.4. The second kappa shape index (κ2) is 14.7. The zero-order chi connectivity index (χ0) is 29.1. The average molecular weight is 553 g/mol. The summed E-state index contributed by atoms with van der Waals surface area (Å²) in [6.45, 7) is 11.0. The van der Waals surface area contributed by atoms with Gasteiger partial charge in [-0.15, -0.1) is 0 Å². The van der Waals surface area contributed by atoms with Crippen molar-refractivity contribution in [3.05, 3.63) is 84.0 Å². The third-order valence-electron chi connectivity index (χ3n) is 7.24. The minimum absolute atomic E-state index is 0.130. The Balaban J connectivity index is 1.71. The number of carbonyl (C=O) groups excluding carboxylic acids is 2. The molecule has 0 heterocycles. The molecular weight excluding hydrogens is 512 g/mol. The number of benzene rings is 2. The van der Waals surface area contributed by atoms with Gasteiger partial charge >= 0.3 is 11.9 Å². The Labute approximate surface area is 236 Å². The molecule has 1 aliphatic rings. The highest BCUT2D eigenvalue weighted by Gasteiger charge is 2.36. The molecule has 216 valence electrons. The smallest absolute Gasteiger partial charge is 0.332 e. The summed E-state index contributed by atoms with van der Waals surface area (Å²) in [6.07, 6.45) is 5.38. The Morgan fingerprint density at radius 2 is 1.23 bits per heavy atom. The molecule has 0 radical (unpaired) electrons. The fourth-order valence-corrected chi connectivity index (χ4v) is 5.14. The van der Waals surface area contributed by atoms with Crippen molar-refractivity contribution < 1.29 is 38.7 Å². The van der Waals surface area contributed by atoms with E-state index in [-0.39, 0.29) is 31.5 Å². The Bertz CT molecular complexity index is 1100. The number of hydrogen-bond donors (Lipinski definition) is 2. The maximum atomic E-state index is 11.2. The third kappa shape index (κ3) is 8.19. The molecule has 2 atom stereocenters. The van der Waals surface area contributed by atoms with E-state index >= 15 is 0 Å². The first-order chi connectivity index (χ1) is 19.2. The number of ether oxygens (including phenoxy) is 4. The molecule has 0 bridgehead atoms. The summed E-state index contributed by atoms with van der Waals surface area (Å²) >= 11 is 0. The average Bonchev–Trinajstić information content (AvgIpc) is 2.94. The molecule has 1 aliphatic carbocycles. The Morgan fingerprint density at radius 3 is 1.60 bits per heavy atom. The molecule has 2 aromatic carbocycles. The quantitative estimate of drug-likeness (QED) is 0.187. The standard InChI is InChI=1S/C32H40O8/c1-5-28(33)39-30(35)14-18-37-26-12-10-24(20-22(26)3)32(16-8-7-9-17-32)25-11-13-27(23(4)21-25)38-19-15-31(36)40-29(34)6-2/h5-6,10-13,20-21,30-31,35-36H,1-2,7-9,14-19H2,3-4H3. The number of carbonyl (C=O) groups is 2. The van der Waals surface area contributed by atoms with E-state index < -0.39 is 24.5 Å². The van der Waals surface area contributed by atoms with Crippen molar-refractivity contribution >= 4 is 11.9 Å². The summed E-state index contributed by atoms with van der Waals surface area (Å²) in [4.78, 5) is 22.4. The van der Waals surface area contributed by atoms with Crippen LogP contribution in [0.1, 0.15) is 67.2 Å². The van der Waals surface area contributed by atoms with Crippen LogP contribution in [0.2, 0.25) is 0 Å². The second-order valence-electron chi connectivity index (χ2n) is 10.1. The van der Waals surface area contributed by atoms with Gasteiger partial charge in [-0.25, -0.2) is 9.59 Å². The van der Waals surface area contributed by atoms with Crippen LogP contribution >= 0.6 is 0 Å². The molecule has 2 unspecified atom stereocenters. The summed E-state index contributed by atoms with van der Waals surface area (Å²) in [7, 11) is 0. The van der Waals surface area contributed by atoms with Crippen LogP contribution in [0.25, 0.3) is 0 Å². The summed E-state index contributed by atoms with van der Waals surface area (Å²) < 4.78 is 21.3. The van der Waals surface area contributed by atoms with Crippen LogP contribution in [0.5, 0.6) is 11.5 Å². The lowest BCUT2D eigenvalue weighted by Gasteiger charge is -2.39. The topological polar surface area (TPSA) is 112 Å². The molecule has 0 saturated heterocycles. The van der Waals surface area contributed by atoms with E-state index in [1.54, 1.807) is 0 Å². The first-order valence-electron chi connectivity index (χ1n) is 13.7. The first-order valence-corrected chi connectivity index (χ1v) is 13.7. The Hall–Kier alpha value is -3.62. The molecule has 0 spiro atoms. The van der Waals surface area contributed by atoms with E-state index in [4.69, 9.17) is 18.9 Å². The SMILES string of the molecule is C=CC(=O)OC(O)CCOc1ccc(C2(c3ccc(OCCC(O)OC(=O)C=C)c(C)c3)CCCCC2)cc1C. The van der Waals surface area contributed by atoms with Crippen LogP contribution in [-0.4, -0.2) is 47.9 Å². The molecular formula is C32H40O8. The lowest BCUT2D eigenvalue weighted by atomic mass is 9.65. The van der Waals surface area contributed by atoms with Crippen molar-refractivity contribution in [1.82, 2.24) is 0 Å². The lowest BCUT2D eigenvalue weighted by Crippen LogP contribution is -2.30. The molecule has 8 nitrogen and oxygen atoms in total. The molecule has 0 aliphatic heterocycles. The highest BCUT2D eigenvalue weighted by Crippen LogP contribution is 2.46. The minimum Gasteiger partial charge on any atom is -0.493 e. The maximum Gasteiger partial charge on any atom is 0.332 e. The van der Waals surface area contributed by atoms with Gasteiger partial charge in [0.15, 0.2) is 0 Å². The fraction of sp³-hybridized carbons (Fsp3) is 0.438. The number of rotatable bonds is 14. The Morgan fingerprint density at radius 1 is 0.800 bits per heavy atom. The van der Waals surface area contributed by atoms with Crippen LogP contribution in [-0.2, 0) is 24.5 Å². The van der Waals surface area contributed by atoms with Crippen LogP contribution < -0.4 is 9.47 Å². The van der Waals surface area contributed by atoms with E-state index in [1.807, 2.05) is 26.0 Å². The van der Waals surface area contributed by atoms with Gasteiger partial charge in [0, 0.05) is 30.4 Å². The fourth-order valence-electron chi connectivity index (χ4n) is 5.14. The highest BCUT2D eigenvalue weighted by molar-refractivity contribution is 5.81. The van der Waals surface area contributed by atoms with Gasteiger partial charge in [-0.3, -0.25) is 0 Å². The van der Waals surface area contributed by atoms with Crippen molar-refractivity contribution in [2.24, 2.45) is 0 Å². The van der Waals surface area contributed by atoms with Gasteiger partial charge in [-0.1, -0.05) is 56.7 Å². The van der Waals surface area contributed by atoms with Crippen molar-refractivity contribution in [3.8, 4) is 11.5 Å². The van der Waals surface area contributed by atoms with Gasteiger partial charge in [-0.2, -0.15) is 0 Å². The van der Waals surface area contributed by atoms with E-state index in [1.165, 1.54) is 17.5 Å². The molecule has 3 rings (SSSR count). The predicted molar refractivity (Wildman–Crippen MR) is 151 cm³/mol. The largest absolute Gasteiger partial charge is 0.493 e. The van der Waals surface area contributed by atoms with E-state index in [2.05, 4.69) is 37.4 Å². The van der Waals surface area contributed by atoms with Crippen molar-refractivity contribution in [2.45, 2.75) is 76.8 Å². The van der Waals surface area contributed by atoms with Crippen LogP contribution in [0.3, 0.4) is 0 Å². The first kappa shape index (κ1) is 30.9. The van der Waals surface area contributed by atoms with E-state index in [0.717, 1.165) is 60.5 Å². The Kier molecular flexibility index (Phi) is 11.3. The maximum absolute atomic E-state index is 11.2.